The number of aryl methyl sites for hydroxylation is 1. The van der Waals surface area contributed by atoms with Gasteiger partial charge in [0.05, 0.1) is 13.2 Å². The topological polar surface area (TPSA) is 94.1 Å². The van der Waals surface area contributed by atoms with Crippen LogP contribution in [-0.4, -0.2) is 37.5 Å². The molecule has 0 bridgehead atoms. The van der Waals surface area contributed by atoms with Crippen molar-refractivity contribution < 1.29 is 28.9 Å². The van der Waals surface area contributed by atoms with Gasteiger partial charge in [-0.2, -0.15) is 0 Å². The van der Waals surface area contributed by atoms with Crippen LogP contribution in [0.2, 0.25) is 0 Å². The van der Waals surface area contributed by atoms with E-state index in [2.05, 4.69) is 36.5 Å². The molecule has 4 aromatic carbocycles. The largest absolute Gasteiger partial charge is 0.497 e. The molecule has 2 N–H and O–H groups in total. The van der Waals surface area contributed by atoms with Crippen LogP contribution in [0.3, 0.4) is 0 Å². The molecule has 0 aromatic heterocycles. The Balaban J connectivity index is 1.40. The number of hydrogen-bond acceptors (Lipinski definition) is 5. The third-order valence-electron chi connectivity index (χ3n) is 7.36. The van der Waals surface area contributed by atoms with Crippen LogP contribution in [-0.2, 0) is 16.0 Å². The van der Waals surface area contributed by atoms with E-state index >= 15 is 0 Å². The third-order valence-corrected chi connectivity index (χ3v) is 7.36. The quantitative estimate of drug-likeness (QED) is 0.214. The number of nitrogens with one attached hydrogen (secondary N) is 1. The van der Waals surface area contributed by atoms with Crippen molar-refractivity contribution in [2.24, 2.45) is 0 Å². The first-order valence-electron chi connectivity index (χ1n) is 13.7. The minimum atomic E-state index is -1.05. The minimum absolute atomic E-state index is 0.0473. The number of methoxy groups -OCH3 is 1. The molecule has 0 saturated heterocycles. The fourth-order valence-corrected chi connectivity index (χ4v) is 5.48. The molecule has 1 aliphatic carbocycles. The summed E-state index contributed by atoms with van der Waals surface area (Å²) in [5.41, 5.74) is 7.43. The predicted molar refractivity (Wildman–Crippen MR) is 157 cm³/mol. The molecule has 7 nitrogen and oxygen atoms in total. The van der Waals surface area contributed by atoms with Gasteiger partial charge in [-0.3, -0.25) is 0 Å². The van der Waals surface area contributed by atoms with Crippen LogP contribution in [0.5, 0.6) is 11.5 Å². The molecule has 210 valence electrons. The second-order valence-electron chi connectivity index (χ2n) is 9.97. The van der Waals surface area contributed by atoms with Gasteiger partial charge in [0.2, 0.25) is 0 Å². The van der Waals surface area contributed by atoms with E-state index in [0.29, 0.717) is 5.75 Å². The second-order valence-corrected chi connectivity index (χ2v) is 9.97. The Bertz CT molecular complexity index is 1490. The highest BCUT2D eigenvalue weighted by Gasteiger charge is 2.29. The van der Waals surface area contributed by atoms with E-state index in [9.17, 15) is 9.59 Å². The number of carboxylic acid groups (broad SMARTS) is 1. The first-order valence-corrected chi connectivity index (χ1v) is 13.7. The SMILES string of the molecule is CCCc1cc(OC)ccc1C(NC(=O)OCC1c2ccccc2-c2ccccc21)c1ccc(OCC(=O)O)cc1. The number of carboxylic acids is 1. The fraction of sp³-hybridized carbons (Fsp3) is 0.235. The maximum Gasteiger partial charge on any atom is 0.407 e. The number of aliphatic carboxylic acids is 1. The Kier molecular flexibility index (Phi) is 8.53. The van der Waals surface area contributed by atoms with E-state index < -0.39 is 24.7 Å². The van der Waals surface area contributed by atoms with Gasteiger partial charge in [-0.05, 0) is 69.6 Å². The molecule has 7 heteroatoms. The van der Waals surface area contributed by atoms with Crippen molar-refractivity contribution >= 4 is 12.1 Å². The lowest BCUT2D eigenvalue weighted by Crippen LogP contribution is -2.31. The van der Waals surface area contributed by atoms with Crippen molar-refractivity contribution in [2.45, 2.75) is 31.7 Å². The molecule has 1 unspecified atom stereocenters. The van der Waals surface area contributed by atoms with Crippen LogP contribution in [0.4, 0.5) is 4.79 Å². The van der Waals surface area contributed by atoms with Crippen molar-refractivity contribution in [1.29, 1.82) is 0 Å². The lowest BCUT2D eigenvalue weighted by molar-refractivity contribution is -0.139. The molecule has 5 rings (SSSR count). The molecule has 0 saturated carbocycles. The molecule has 41 heavy (non-hydrogen) atoms. The van der Waals surface area contributed by atoms with Crippen molar-refractivity contribution in [2.75, 3.05) is 20.3 Å². The number of fused-ring (bicyclic) bond motifs is 3. The van der Waals surface area contributed by atoms with Crippen LogP contribution in [0.25, 0.3) is 11.1 Å². The number of amides is 1. The van der Waals surface area contributed by atoms with Gasteiger partial charge in [0.25, 0.3) is 0 Å². The average molecular weight is 552 g/mol. The smallest absolute Gasteiger partial charge is 0.407 e. The standard InChI is InChI=1S/C34H33NO6/c1-3-8-23-19-25(39-2)17-18-26(23)33(22-13-15-24(16-14-22)40-21-32(36)37)35-34(38)41-20-31-29-11-6-4-9-27(29)28-10-5-7-12-30(28)31/h4-7,9-19,31,33H,3,8,20-21H2,1-2H3,(H,35,38)(H,36,37). The molecule has 0 spiro atoms. The molecule has 1 atom stereocenters. The number of alkyl carbamates (subject to hydrolysis) is 1. The van der Waals surface area contributed by atoms with Gasteiger partial charge in [-0.1, -0.05) is 80.1 Å². The number of benzene rings is 4. The highest BCUT2D eigenvalue weighted by atomic mass is 16.5. The summed E-state index contributed by atoms with van der Waals surface area (Å²) < 4.78 is 16.6. The summed E-state index contributed by atoms with van der Waals surface area (Å²) in [6.45, 7) is 1.88. The van der Waals surface area contributed by atoms with Gasteiger partial charge in [0, 0.05) is 5.92 Å². The number of carbonyl (C=O) groups excluding carboxylic acids is 1. The Morgan fingerprint density at radius 3 is 2.12 bits per heavy atom. The van der Waals surface area contributed by atoms with Gasteiger partial charge in [0.15, 0.2) is 6.61 Å². The Labute approximate surface area is 239 Å². The molecular formula is C34H33NO6. The molecule has 0 aliphatic heterocycles. The van der Waals surface area contributed by atoms with E-state index in [-0.39, 0.29) is 12.5 Å². The van der Waals surface area contributed by atoms with Crippen LogP contribution < -0.4 is 14.8 Å². The van der Waals surface area contributed by atoms with Gasteiger partial charge in [-0.15, -0.1) is 0 Å². The molecule has 4 aromatic rings. The third kappa shape index (κ3) is 6.19. The zero-order chi connectivity index (χ0) is 28.8. The maximum absolute atomic E-state index is 13.4. The van der Waals surface area contributed by atoms with E-state index in [1.165, 1.54) is 11.1 Å². The highest BCUT2D eigenvalue weighted by molar-refractivity contribution is 5.79. The van der Waals surface area contributed by atoms with Crippen molar-refractivity contribution in [1.82, 2.24) is 5.32 Å². The fourth-order valence-electron chi connectivity index (χ4n) is 5.48. The summed E-state index contributed by atoms with van der Waals surface area (Å²) in [6.07, 6.45) is 1.19. The molecule has 0 radical (unpaired) electrons. The molecular weight excluding hydrogens is 518 g/mol. The minimum Gasteiger partial charge on any atom is -0.497 e. The van der Waals surface area contributed by atoms with Crippen LogP contribution in [0, 0.1) is 0 Å². The van der Waals surface area contributed by atoms with Gasteiger partial charge < -0.3 is 24.6 Å². The monoisotopic (exact) mass is 551 g/mol. The Hall–Kier alpha value is -4.78. The maximum atomic E-state index is 13.4. The van der Waals surface area contributed by atoms with Crippen LogP contribution in [0.15, 0.2) is 91.0 Å². The molecule has 1 aliphatic rings. The molecule has 1 amide bonds. The lowest BCUT2D eigenvalue weighted by atomic mass is 9.92. The predicted octanol–water partition coefficient (Wildman–Crippen LogP) is 6.74. The first-order chi connectivity index (χ1) is 20.0. The average Bonchev–Trinajstić information content (AvgIpc) is 3.32. The number of hydrogen-bond donors (Lipinski definition) is 2. The summed E-state index contributed by atoms with van der Waals surface area (Å²) in [6, 6.07) is 28.8. The Morgan fingerprint density at radius 2 is 1.51 bits per heavy atom. The molecule has 0 heterocycles. The van der Waals surface area contributed by atoms with Gasteiger partial charge in [0.1, 0.15) is 18.1 Å². The van der Waals surface area contributed by atoms with Crippen molar-refractivity contribution in [3.63, 3.8) is 0 Å². The van der Waals surface area contributed by atoms with E-state index in [1.807, 2.05) is 54.6 Å². The second kappa shape index (κ2) is 12.6. The highest BCUT2D eigenvalue weighted by Crippen LogP contribution is 2.44. The van der Waals surface area contributed by atoms with Crippen molar-refractivity contribution in [3.05, 3.63) is 119 Å². The zero-order valence-electron chi connectivity index (χ0n) is 23.1. The van der Waals surface area contributed by atoms with Gasteiger partial charge in [-0.25, -0.2) is 9.59 Å². The summed E-state index contributed by atoms with van der Waals surface area (Å²) >= 11 is 0. The number of rotatable bonds is 11. The van der Waals surface area contributed by atoms with Crippen LogP contribution in [0.1, 0.15) is 53.1 Å². The van der Waals surface area contributed by atoms with E-state index in [1.54, 1.807) is 19.2 Å². The normalized spacial score (nSPS) is 12.6. The van der Waals surface area contributed by atoms with Crippen LogP contribution >= 0.6 is 0 Å². The van der Waals surface area contributed by atoms with Gasteiger partial charge >= 0.3 is 12.1 Å². The summed E-state index contributed by atoms with van der Waals surface area (Å²) in [5.74, 6) is 0.0780. The lowest BCUT2D eigenvalue weighted by Gasteiger charge is -2.24. The number of ether oxygens (including phenoxy) is 3. The van der Waals surface area contributed by atoms with Crippen molar-refractivity contribution in [3.8, 4) is 22.6 Å². The first kappa shape index (κ1) is 27.8. The van der Waals surface area contributed by atoms with E-state index in [4.69, 9.17) is 19.3 Å². The summed E-state index contributed by atoms with van der Waals surface area (Å²) in [4.78, 5) is 24.3. The summed E-state index contributed by atoms with van der Waals surface area (Å²) in [5, 5.41) is 12.0. The van der Waals surface area contributed by atoms with E-state index in [0.717, 1.165) is 46.4 Å². The Morgan fingerprint density at radius 1 is 0.878 bits per heavy atom. The number of carbonyl (C=O) groups is 2. The molecule has 0 fully saturated rings. The summed E-state index contributed by atoms with van der Waals surface area (Å²) in [7, 11) is 1.63. The zero-order valence-corrected chi connectivity index (χ0v) is 23.1.